The highest BCUT2D eigenvalue weighted by molar-refractivity contribution is 7.89. The Kier molecular flexibility index (Phi) is 3.50. The summed E-state index contributed by atoms with van der Waals surface area (Å²) < 4.78 is 27.2. The molecule has 0 bridgehead atoms. The van der Waals surface area contributed by atoms with Crippen LogP contribution in [0.25, 0.3) is 0 Å². The van der Waals surface area contributed by atoms with Gasteiger partial charge in [-0.15, -0.1) is 0 Å². The number of nitrogens with zero attached hydrogens (tertiary/aromatic N) is 1. The zero-order chi connectivity index (χ0) is 14.9. The van der Waals surface area contributed by atoms with E-state index >= 15 is 0 Å². The summed E-state index contributed by atoms with van der Waals surface area (Å²) in [5.41, 5.74) is 2.65. The number of rotatable bonds is 4. The van der Waals surface area contributed by atoms with Gasteiger partial charge in [0.1, 0.15) is 6.07 Å². The fraction of sp³-hybridized carbons (Fsp3) is 0.188. The molecule has 2 aromatic carbocycles. The molecule has 0 aliphatic heterocycles. The minimum absolute atomic E-state index is 0.0418. The van der Waals surface area contributed by atoms with Gasteiger partial charge in [-0.3, -0.25) is 0 Å². The van der Waals surface area contributed by atoms with Gasteiger partial charge in [0, 0.05) is 12.5 Å². The molecule has 0 saturated heterocycles. The van der Waals surface area contributed by atoms with Crippen molar-refractivity contribution in [2.75, 3.05) is 6.54 Å². The normalized spacial score (nSPS) is 16.6. The second-order valence-corrected chi connectivity index (χ2v) is 6.80. The zero-order valence-electron chi connectivity index (χ0n) is 11.3. The van der Waals surface area contributed by atoms with Crippen LogP contribution in [0.2, 0.25) is 0 Å². The lowest BCUT2D eigenvalue weighted by atomic mass is 9.78. The number of fused-ring (bicyclic) bond motifs is 1. The Bertz CT molecular complexity index is 822. The van der Waals surface area contributed by atoms with Crippen molar-refractivity contribution in [3.8, 4) is 6.07 Å². The number of nitriles is 1. The molecule has 3 rings (SSSR count). The van der Waals surface area contributed by atoms with E-state index in [0.717, 1.165) is 6.42 Å². The van der Waals surface area contributed by atoms with Gasteiger partial charge in [0.05, 0.1) is 10.5 Å². The zero-order valence-corrected chi connectivity index (χ0v) is 12.1. The van der Waals surface area contributed by atoms with E-state index in [1.807, 2.05) is 24.3 Å². The summed E-state index contributed by atoms with van der Waals surface area (Å²) in [5, 5.41) is 9.00. The van der Waals surface area contributed by atoms with Crippen molar-refractivity contribution >= 4 is 10.0 Å². The molecular weight excluding hydrogens is 284 g/mol. The Morgan fingerprint density at radius 3 is 2.62 bits per heavy atom. The predicted molar refractivity (Wildman–Crippen MR) is 79.2 cm³/mol. The summed E-state index contributed by atoms with van der Waals surface area (Å²) in [6.45, 7) is 0.360. The second-order valence-electron chi connectivity index (χ2n) is 5.06. The average molecular weight is 298 g/mol. The van der Waals surface area contributed by atoms with Gasteiger partial charge in [0.25, 0.3) is 0 Å². The molecule has 1 atom stereocenters. The monoisotopic (exact) mass is 298 g/mol. The molecule has 0 amide bonds. The summed E-state index contributed by atoms with van der Waals surface area (Å²) in [7, 11) is -3.65. The molecule has 1 unspecified atom stereocenters. The van der Waals surface area contributed by atoms with Crippen LogP contribution in [-0.2, 0) is 16.4 Å². The van der Waals surface area contributed by atoms with Crippen LogP contribution in [0.1, 0.15) is 22.6 Å². The molecule has 0 heterocycles. The molecule has 4 nitrogen and oxygen atoms in total. The van der Waals surface area contributed by atoms with Gasteiger partial charge in [0.2, 0.25) is 10.0 Å². The van der Waals surface area contributed by atoms with Crippen LogP contribution in [0.5, 0.6) is 0 Å². The van der Waals surface area contributed by atoms with Gasteiger partial charge in [-0.25, -0.2) is 13.1 Å². The van der Waals surface area contributed by atoms with E-state index in [-0.39, 0.29) is 16.4 Å². The minimum Gasteiger partial charge on any atom is -0.210 e. The minimum atomic E-state index is -3.65. The van der Waals surface area contributed by atoms with Crippen molar-refractivity contribution in [3.63, 3.8) is 0 Å². The van der Waals surface area contributed by atoms with Crippen molar-refractivity contribution in [3.05, 3.63) is 65.2 Å². The van der Waals surface area contributed by atoms with Crippen molar-refractivity contribution in [2.45, 2.75) is 17.2 Å². The fourth-order valence-corrected chi connectivity index (χ4v) is 3.86. The van der Waals surface area contributed by atoms with Crippen LogP contribution in [-0.4, -0.2) is 15.0 Å². The third kappa shape index (κ3) is 2.56. The Morgan fingerprint density at radius 1 is 1.14 bits per heavy atom. The molecule has 5 heteroatoms. The summed E-state index contributed by atoms with van der Waals surface area (Å²) >= 11 is 0. The lowest BCUT2D eigenvalue weighted by Gasteiger charge is -2.30. The molecule has 1 N–H and O–H groups in total. The van der Waals surface area contributed by atoms with Crippen molar-refractivity contribution in [2.24, 2.45) is 0 Å². The van der Waals surface area contributed by atoms with Gasteiger partial charge >= 0.3 is 0 Å². The smallest absolute Gasteiger partial charge is 0.210 e. The first kappa shape index (κ1) is 13.8. The fourth-order valence-electron chi connectivity index (χ4n) is 2.63. The summed E-state index contributed by atoms with van der Waals surface area (Å²) in [5.74, 6) is 0.213. The maximum atomic E-state index is 12.3. The summed E-state index contributed by atoms with van der Waals surface area (Å²) in [4.78, 5) is 0.0418. The number of nitrogens with one attached hydrogen (secondary N) is 1. The third-order valence-corrected chi connectivity index (χ3v) is 5.26. The van der Waals surface area contributed by atoms with Gasteiger partial charge in [-0.05, 0) is 29.7 Å². The Hall–Kier alpha value is -2.16. The lowest BCUT2D eigenvalue weighted by molar-refractivity contribution is 0.552. The highest BCUT2D eigenvalue weighted by atomic mass is 32.2. The predicted octanol–water partition coefficient (Wildman–Crippen LogP) is 2.18. The van der Waals surface area contributed by atoms with Crippen LogP contribution in [0.15, 0.2) is 53.4 Å². The maximum Gasteiger partial charge on any atom is 0.241 e. The first-order valence-corrected chi connectivity index (χ1v) is 8.17. The molecule has 0 spiro atoms. The van der Waals surface area contributed by atoms with E-state index in [2.05, 4.69) is 10.8 Å². The molecule has 1 aliphatic carbocycles. The van der Waals surface area contributed by atoms with E-state index in [1.54, 1.807) is 12.1 Å². The quantitative estimate of drug-likeness (QED) is 0.940. The van der Waals surface area contributed by atoms with E-state index < -0.39 is 10.0 Å². The van der Waals surface area contributed by atoms with Crippen LogP contribution < -0.4 is 4.72 Å². The van der Waals surface area contributed by atoms with Crippen LogP contribution in [0, 0.1) is 11.3 Å². The van der Waals surface area contributed by atoms with Crippen LogP contribution >= 0.6 is 0 Å². The number of hydrogen-bond acceptors (Lipinski definition) is 3. The molecule has 2 aromatic rings. The van der Waals surface area contributed by atoms with Crippen LogP contribution in [0.4, 0.5) is 0 Å². The number of sulfonamides is 1. The highest BCUT2D eigenvalue weighted by Gasteiger charge is 2.27. The molecule has 0 radical (unpaired) electrons. The summed E-state index contributed by atoms with van der Waals surface area (Å²) in [6, 6.07) is 16.2. The van der Waals surface area contributed by atoms with E-state index in [1.165, 1.54) is 23.3 Å². The molecule has 106 valence electrons. The van der Waals surface area contributed by atoms with Gasteiger partial charge in [0.15, 0.2) is 0 Å². The number of hydrogen-bond donors (Lipinski definition) is 1. The molecule has 21 heavy (non-hydrogen) atoms. The lowest BCUT2D eigenvalue weighted by Crippen LogP contribution is -2.33. The van der Waals surface area contributed by atoms with Gasteiger partial charge < -0.3 is 0 Å². The topological polar surface area (TPSA) is 70.0 Å². The Labute approximate surface area is 124 Å². The first-order valence-electron chi connectivity index (χ1n) is 6.68. The van der Waals surface area contributed by atoms with Gasteiger partial charge in [-0.1, -0.05) is 36.4 Å². The van der Waals surface area contributed by atoms with E-state index in [4.69, 9.17) is 5.26 Å². The maximum absolute atomic E-state index is 12.3. The second kappa shape index (κ2) is 5.32. The average Bonchev–Trinajstić information content (AvgIpc) is 2.48. The van der Waals surface area contributed by atoms with Crippen LogP contribution in [0.3, 0.4) is 0 Å². The van der Waals surface area contributed by atoms with E-state index in [9.17, 15) is 8.42 Å². The molecule has 0 saturated carbocycles. The highest BCUT2D eigenvalue weighted by Crippen LogP contribution is 2.34. The molecule has 0 aromatic heterocycles. The van der Waals surface area contributed by atoms with E-state index in [0.29, 0.717) is 6.54 Å². The van der Waals surface area contributed by atoms with Crippen molar-refractivity contribution in [1.82, 2.24) is 4.72 Å². The molecular formula is C16H14N2O2S. The third-order valence-electron chi connectivity index (χ3n) is 3.78. The Morgan fingerprint density at radius 2 is 1.86 bits per heavy atom. The van der Waals surface area contributed by atoms with Crippen molar-refractivity contribution in [1.29, 1.82) is 5.26 Å². The molecule has 1 aliphatic rings. The number of benzene rings is 2. The Balaban J connectivity index is 1.75. The largest absolute Gasteiger partial charge is 0.241 e. The van der Waals surface area contributed by atoms with Gasteiger partial charge in [-0.2, -0.15) is 5.26 Å². The molecule has 0 fully saturated rings. The SMILES string of the molecule is N#Cc1ccccc1S(=O)(=O)NCC1Cc2ccccc21. The summed E-state index contributed by atoms with van der Waals surface area (Å²) in [6.07, 6.45) is 0.887. The van der Waals surface area contributed by atoms with Crippen molar-refractivity contribution < 1.29 is 8.42 Å². The standard InChI is InChI=1S/C16H14N2O2S/c17-10-13-6-2-4-8-16(13)21(19,20)18-11-14-9-12-5-1-3-7-15(12)14/h1-8,14,18H,9,11H2. The first-order chi connectivity index (χ1) is 10.1.